The minimum atomic E-state index is 0. The fraction of sp³-hybridized carbons (Fsp3) is 0.235. The quantitative estimate of drug-likeness (QED) is 0.644. The monoisotopic (exact) mass is 415 g/mol. The Morgan fingerprint density at radius 1 is 1.08 bits per heavy atom. The molecule has 0 aliphatic carbocycles. The van der Waals surface area contributed by atoms with E-state index in [-0.39, 0.29) is 18.3 Å². The van der Waals surface area contributed by atoms with Gasteiger partial charge in [0.15, 0.2) is 0 Å². The number of rotatable bonds is 2. The lowest BCUT2D eigenvalue weighted by molar-refractivity contribution is 0.0747. The molecule has 3 heterocycles. The highest BCUT2D eigenvalue weighted by atomic mass is 35.5. The molecule has 0 bridgehead atoms. The zero-order valence-electron chi connectivity index (χ0n) is 13.2. The minimum absolute atomic E-state index is 0. The summed E-state index contributed by atoms with van der Waals surface area (Å²) in [4.78, 5) is 20.0. The van der Waals surface area contributed by atoms with Gasteiger partial charge in [-0.05, 0) is 29.7 Å². The van der Waals surface area contributed by atoms with Crippen LogP contribution in [-0.4, -0.2) is 42.0 Å². The number of anilines is 1. The lowest BCUT2D eigenvalue weighted by Crippen LogP contribution is -2.48. The third kappa shape index (κ3) is 3.60. The molecule has 0 unspecified atom stereocenters. The second-order valence-corrected chi connectivity index (χ2v) is 8.05. The number of aromatic nitrogens is 1. The molecule has 0 saturated carbocycles. The van der Waals surface area contributed by atoms with E-state index >= 15 is 0 Å². The highest BCUT2D eigenvalue weighted by molar-refractivity contribution is 7.20. The molecule has 0 radical (unpaired) electrons. The van der Waals surface area contributed by atoms with Crippen LogP contribution in [0.1, 0.15) is 10.4 Å². The minimum Gasteiger partial charge on any atom is -0.366 e. The van der Waals surface area contributed by atoms with E-state index in [9.17, 15) is 4.79 Å². The van der Waals surface area contributed by atoms with E-state index in [1.54, 1.807) is 0 Å². The van der Waals surface area contributed by atoms with Crippen LogP contribution >= 0.6 is 46.9 Å². The molecular formula is C17H16Cl3N3OS. The molecule has 8 heteroatoms. The molecule has 1 amide bonds. The van der Waals surface area contributed by atoms with Crippen molar-refractivity contribution < 1.29 is 4.79 Å². The molecule has 1 N–H and O–H groups in total. The fourth-order valence-corrected chi connectivity index (χ4v) is 4.57. The van der Waals surface area contributed by atoms with Gasteiger partial charge in [-0.2, -0.15) is 0 Å². The molecule has 25 heavy (non-hydrogen) atoms. The molecule has 132 valence electrons. The number of hydrogen-bond donors (Lipinski definition) is 1. The van der Waals surface area contributed by atoms with E-state index in [1.165, 1.54) is 11.3 Å². The summed E-state index contributed by atoms with van der Waals surface area (Å²) in [5.41, 5.74) is 2.67. The second-order valence-electron chi connectivity index (χ2n) is 5.77. The summed E-state index contributed by atoms with van der Waals surface area (Å²) in [6, 6.07) is 9.67. The zero-order valence-corrected chi connectivity index (χ0v) is 16.3. The number of nitrogens with zero attached hydrogens (tertiary/aromatic N) is 2. The number of H-pyrrole nitrogens is 1. The highest BCUT2D eigenvalue weighted by Crippen LogP contribution is 2.38. The third-order valence-corrected chi connectivity index (χ3v) is 5.82. The van der Waals surface area contributed by atoms with Crippen LogP contribution in [0.3, 0.4) is 0 Å². The van der Waals surface area contributed by atoms with E-state index in [4.69, 9.17) is 23.2 Å². The lowest BCUT2D eigenvalue weighted by atomic mass is 10.1. The summed E-state index contributed by atoms with van der Waals surface area (Å²) in [5.74, 6) is 0.0700. The summed E-state index contributed by atoms with van der Waals surface area (Å²) >= 11 is 13.6. The van der Waals surface area contributed by atoms with E-state index in [0.29, 0.717) is 21.8 Å². The normalized spacial score (nSPS) is 14.6. The van der Waals surface area contributed by atoms with Crippen LogP contribution in [0.4, 0.5) is 5.69 Å². The molecule has 4 nitrogen and oxygen atoms in total. The Bertz CT molecular complexity index is 900. The maximum atomic E-state index is 12.7. The largest absolute Gasteiger partial charge is 0.366 e. The fourth-order valence-electron chi connectivity index (χ4n) is 3.06. The number of piperazine rings is 1. The smallest absolute Gasteiger partial charge is 0.254 e. The summed E-state index contributed by atoms with van der Waals surface area (Å²) in [5, 5.41) is 1.11. The third-order valence-electron chi connectivity index (χ3n) is 4.35. The van der Waals surface area contributed by atoms with E-state index in [1.807, 2.05) is 41.4 Å². The van der Waals surface area contributed by atoms with Crippen molar-refractivity contribution in [1.29, 1.82) is 0 Å². The number of amides is 1. The molecule has 1 aliphatic heterocycles. The average Bonchev–Trinajstić information content (AvgIpc) is 3.19. The first kappa shape index (κ1) is 18.4. The van der Waals surface area contributed by atoms with Gasteiger partial charge in [-0.25, -0.2) is 0 Å². The van der Waals surface area contributed by atoms with E-state index in [2.05, 4.69) is 9.88 Å². The first-order valence-electron chi connectivity index (χ1n) is 7.68. The van der Waals surface area contributed by atoms with E-state index < -0.39 is 0 Å². The van der Waals surface area contributed by atoms with Gasteiger partial charge in [-0.3, -0.25) is 4.79 Å². The van der Waals surface area contributed by atoms with Gasteiger partial charge >= 0.3 is 0 Å². The molecule has 1 aromatic carbocycles. The standard InChI is InChI=1S/C17H15Cl2N3OS.ClH/c18-15-10-14(16(19)24-15)21-5-7-22(8-6-21)17(23)12-2-1-11-3-4-20-13(11)9-12;/h1-4,9-10,20H,5-8H2;1H. The first-order valence-corrected chi connectivity index (χ1v) is 9.25. The number of hydrogen-bond acceptors (Lipinski definition) is 3. The maximum Gasteiger partial charge on any atom is 0.254 e. The van der Waals surface area contributed by atoms with Gasteiger partial charge in [-0.15, -0.1) is 23.7 Å². The second kappa shape index (κ2) is 7.46. The van der Waals surface area contributed by atoms with Crippen molar-refractivity contribution in [2.75, 3.05) is 31.1 Å². The number of fused-ring (bicyclic) bond motifs is 1. The number of thiophene rings is 1. The van der Waals surface area contributed by atoms with Crippen molar-refractivity contribution in [1.82, 2.24) is 9.88 Å². The van der Waals surface area contributed by atoms with Crippen molar-refractivity contribution in [3.63, 3.8) is 0 Å². The molecule has 0 spiro atoms. The van der Waals surface area contributed by atoms with Crippen molar-refractivity contribution in [2.24, 2.45) is 0 Å². The van der Waals surface area contributed by atoms with Crippen molar-refractivity contribution in [3.8, 4) is 0 Å². The van der Waals surface area contributed by atoms with Crippen LogP contribution in [0.5, 0.6) is 0 Å². The number of benzene rings is 1. The number of nitrogens with one attached hydrogen (secondary N) is 1. The topological polar surface area (TPSA) is 39.3 Å². The predicted molar refractivity (Wildman–Crippen MR) is 108 cm³/mol. The molecule has 1 aliphatic rings. The van der Waals surface area contributed by atoms with Gasteiger partial charge in [-0.1, -0.05) is 29.3 Å². The highest BCUT2D eigenvalue weighted by Gasteiger charge is 2.24. The number of aromatic amines is 1. The average molecular weight is 417 g/mol. The summed E-state index contributed by atoms with van der Waals surface area (Å²) < 4.78 is 1.39. The molecule has 1 fully saturated rings. The molecule has 4 rings (SSSR count). The Morgan fingerprint density at radius 3 is 2.52 bits per heavy atom. The van der Waals surface area contributed by atoms with Gasteiger partial charge in [0.25, 0.3) is 5.91 Å². The summed E-state index contributed by atoms with van der Waals surface area (Å²) in [6.07, 6.45) is 1.88. The van der Waals surface area contributed by atoms with Crippen LogP contribution in [0.2, 0.25) is 8.67 Å². The van der Waals surface area contributed by atoms with Gasteiger partial charge in [0.2, 0.25) is 0 Å². The Hall–Kier alpha value is -1.40. The zero-order chi connectivity index (χ0) is 16.7. The Labute approximate surface area is 165 Å². The summed E-state index contributed by atoms with van der Waals surface area (Å²) in [7, 11) is 0. The SMILES string of the molecule is Cl.O=C(c1ccc2cc[nH]c2c1)N1CCN(c2cc(Cl)sc2Cl)CC1. The van der Waals surface area contributed by atoms with Crippen LogP contribution < -0.4 is 4.90 Å². The molecular weight excluding hydrogens is 401 g/mol. The number of carbonyl (C=O) groups excluding carboxylic acids is 1. The lowest BCUT2D eigenvalue weighted by Gasteiger charge is -2.35. The Balaban J connectivity index is 0.00000182. The van der Waals surface area contributed by atoms with Crippen LogP contribution in [0.15, 0.2) is 36.5 Å². The van der Waals surface area contributed by atoms with Crippen molar-refractivity contribution >= 4 is 69.4 Å². The predicted octanol–water partition coefficient (Wildman–Crippen LogP) is 4.92. The van der Waals surface area contributed by atoms with Crippen molar-refractivity contribution in [3.05, 3.63) is 50.8 Å². The number of halogens is 3. The molecule has 0 atom stereocenters. The van der Waals surface area contributed by atoms with Gasteiger partial charge in [0, 0.05) is 43.5 Å². The van der Waals surface area contributed by atoms with Crippen molar-refractivity contribution in [2.45, 2.75) is 0 Å². The van der Waals surface area contributed by atoms with Gasteiger partial charge in [0.05, 0.1) is 10.0 Å². The summed E-state index contributed by atoms with van der Waals surface area (Å²) in [6.45, 7) is 2.85. The number of carbonyl (C=O) groups is 1. The molecule has 1 saturated heterocycles. The molecule has 2 aromatic heterocycles. The van der Waals surface area contributed by atoms with Gasteiger partial charge in [0.1, 0.15) is 4.34 Å². The van der Waals surface area contributed by atoms with Crippen LogP contribution in [0.25, 0.3) is 10.9 Å². The van der Waals surface area contributed by atoms with Crippen LogP contribution in [-0.2, 0) is 0 Å². The van der Waals surface area contributed by atoms with E-state index in [0.717, 1.165) is 35.2 Å². The van der Waals surface area contributed by atoms with Gasteiger partial charge < -0.3 is 14.8 Å². The first-order chi connectivity index (χ1) is 11.6. The Morgan fingerprint density at radius 2 is 1.84 bits per heavy atom. The maximum absolute atomic E-state index is 12.7. The Kier molecular flexibility index (Phi) is 5.49. The molecule has 3 aromatic rings. The van der Waals surface area contributed by atoms with Crippen LogP contribution in [0, 0.1) is 0 Å².